The van der Waals surface area contributed by atoms with Crippen molar-refractivity contribution >= 4 is 50.5 Å². The van der Waals surface area contributed by atoms with Gasteiger partial charge in [-0.05, 0) is 74.3 Å². The number of nitrogens with one attached hydrogen (secondary N) is 2. The minimum Gasteiger partial charge on any atom is -0.486 e. The van der Waals surface area contributed by atoms with Crippen LogP contribution in [0, 0.1) is 11.8 Å². The number of piperidine rings is 1. The molecule has 0 unspecified atom stereocenters. The second kappa shape index (κ2) is 21.0. The van der Waals surface area contributed by atoms with Crippen LogP contribution in [0.25, 0.3) is 0 Å². The molecule has 6 N–H and O–H groups in total. The molecule has 0 saturated carbocycles. The maximum absolute atomic E-state index is 13.7. The Kier molecular flexibility index (Phi) is 17.5. The van der Waals surface area contributed by atoms with Gasteiger partial charge in [-0.25, -0.2) is 0 Å². The molecule has 1 saturated heterocycles. The summed E-state index contributed by atoms with van der Waals surface area (Å²) in [5, 5.41) is 3.74. The van der Waals surface area contributed by atoms with Crippen LogP contribution in [-0.4, -0.2) is 96.7 Å². The minimum atomic E-state index is -4.98. The van der Waals surface area contributed by atoms with E-state index in [1.165, 1.54) is 11.8 Å². The van der Waals surface area contributed by atoms with Crippen LogP contribution in [0.15, 0.2) is 60.7 Å². The van der Waals surface area contributed by atoms with Crippen LogP contribution in [0.4, 0.5) is 0 Å². The molecule has 3 amide bonds. The van der Waals surface area contributed by atoms with Gasteiger partial charge in [-0.3, -0.25) is 28.3 Å². The number of rotatable bonds is 21. The number of carbonyl (C=O) groups is 4. The van der Waals surface area contributed by atoms with E-state index in [1.54, 1.807) is 29.2 Å². The van der Waals surface area contributed by atoms with Gasteiger partial charge in [0.1, 0.15) is 18.4 Å². The quantitative estimate of drug-likeness (QED) is 0.0789. The number of thioether (sulfide) groups is 1. The van der Waals surface area contributed by atoms with Gasteiger partial charge in [0.15, 0.2) is 11.2 Å². The molecule has 1 aliphatic rings. The number of likely N-dealkylation sites (tertiary alicyclic amines) is 1. The number of carbonyl (C=O) groups excluding carboxylic acids is 4. The molecular formula is C35H51N3O11P2S. The number of aryl methyl sites for hydroxylation is 1. The molecule has 52 heavy (non-hydrogen) atoms. The number of hydrogen-bond acceptors (Lipinski definition) is 8. The van der Waals surface area contributed by atoms with Gasteiger partial charge >= 0.3 is 15.2 Å². The van der Waals surface area contributed by atoms with Crippen LogP contribution < -0.4 is 15.4 Å². The lowest BCUT2D eigenvalue weighted by Crippen LogP contribution is -2.54. The number of ether oxygens (including phenoxy) is 1. The van der Waals surface area contributed by atoms with E-state index < -0.39 is 44.5 Å². The van der Waals surface area contributed by atoms with E-state index in [0.29, 0.717) is 50.9 Å². The van der Waals surface area contributed by atoms with Crippen LogP contribution >= 0.6 is 27.0 Å². The number of para-hydroxylation sites is 1. The van der Waals surface area contributed by atoms with Crippen molar-refractivity contribution in [3.8, 4) is 5.75 Å². The van der Waals surface area contributed by atoms with Gasteiger partial charge in [0.25, 0.3) is 0 Å². The Balaban J connectivity index is 1.52. The summed E-state index contributed by atoms with van der Waals surface area (Å²) in [5.74, 6) is -0.690. The third kappa shape index (κ3) is 15.1. The van der Waals surface area contributed by atoms with E-state index in [1.807, 2.05) is 50.2 Å². The summed E-state index contributed by atoms with van der Waals surface area (Å²) in [6, 6.07) is 16.8. The fourth-order valence-corrected chi connectivity index (χ4v) is 9.33. The van der Waals surface area contributed by atoms with Crippen LogP contribution in [0.1, 0.15) is 57.9 Å². The molecule has 3 rings (SSSR count). The topological polar surface area (TPSA) is 220 Å². The van der Waals surface area contributed by atoms with Gasteiger partial charge in [0.2, 0.25) is 17.7 Å². The molecule has 0 aromatic heterocycles. The van der Waals surface area contributed by atoms with Gasteiger partial charge in [-0.15, -0.1) is 0 Å². The molecule has 1 aliphatic heterocycles. The Hall–Kier alpha value is -3.03. The second-order valence-electron chi connectivity index (χ2n) is 13.4. The summed E-state index contributed by atoms with van der Waals surface area (Å²) >= 11 is 1.20. The van der Waals surface area contributed by atoms with Crippen LogP contribution in [0.5, 0.6) is 5.75 Å². The molecule has 1 heterocycles. The smallest absolute Gasteiger partial charge is 0.340 e. The Bertz CT molecular complexity index is 1530. The minimum absolute atomic E-state index is 0.0624. The molecule has 2 aromatic carbocycles. The lowest BCUT2D eigenvalue weighted by Gasteiger charge is -2.32. The highest BCUT2D eigenvalue weighted by Gasteiger charge is 2.42. The molecule has 17 heteroatoms. The van der Waals surface area contributed by atoms with Crippen LogP contribution in [-0.2, 0) is 34.7 Å². The van der Waals surface area contributed by atoms with Crippen molar-refractivity contribution in [2.24, 2.45) is 11.8 Å². The van der Waals surface area contributed by atoms with E-state index in [0.717, 1.165) is 5.56 Å². The molecule has 0 aliphatic carbocycles. The first-order chi connectivity index (χ1) is 24.5. The molecular weight excluding hydrogens is 732 g/mol. The molecule has 2 atom stereocenters. The number of benzene rings is 2. The van der Waals surface area contributed by atoms with Crippen molar-refractivity contribution in [1.82, 2.24) is 15.5 Å². The fraction of sp³-hybridized carbons (Fsp3) is 0.543. The zero-order valence-corrected chi connectivity index (χ0v) is 32.1. The Morgan fingerprint density at radius 3 is 2.04 bits per heavy atom. The largest absolute Gasteiger partial charge is 0.486 e. The fourth-order valence-electron chi connectivity index (χ4n) is 5.85. The van der Waals surface area contributed by atoms with Gasteiger partial charge in [-0.2, -0.15) is 11.8 Å². The third-order valence-corrected chi connectivity index (χ3v) is 13.6. The maximum atomic E-state index is 13.7. The first-order valence-corrected chi connectivity index (χ1v) is 21.9. The third-order valence-electron chi connectivity index (χ3n) is 8.71. The van der Waals surface area contributed by atoms with Gasteiger partial charge in [0, 0.05) is 19.0 Å². The Morgan fingerprint density at radius 1 is 0.865 bits per heavy atom. The molecule has 288 valence electrons. The number of ketones is 1. The van der Waals surface area contributed by atoms with Crippen molar-refractivity contribution in [3.63, 3.8) is 0 Å². The SMILES string of the molecule is CC(C)C[C@H](NC(=O)C1CCN(C(=O)CSCCCC(P(=O)(O)O)P(=O)(O)O)CC1)C(=O)N[C@@H](CCc1ccccc1)C(=O)COc1ccccc1. The average molecular weight is 784 g/mol. The van der Waals surface area contributed by atoms with Crippen LogP contribution in [0.2, 0.25) is 0 Å². The predicted molar refractivity (Wildman–Crippen MR) is 199 cm³/mol. The highest BCUT2D eigenvalue weighted by molar-refractivity contribution is 7.99. The number of amides is 3. The highest BCUT2D eigenvalue weighted by Crippen LogP contribution is 2.61. The summed E-state index contributed by atoms with van der Waals surface area (Å²) < 4.78 is 28.6. The molecule has 2 aromatic rings. The summed E-state index contributed by atoms with van der Waals surface area (Å²) in [6.45, 7) is 4.30. The normalized spacial score (nSPS) is 15.3. The van der Waals surface area contributed by atoms with E-state index >= 15 is 0 Å². The molecule has 1 fully saturated rings. The van der Waals surface area contributed by atoms with Crippen molar-refractivity contribution < 1.29 is 52.6 Å². The first kappa shape index (κ1) is 43.4. The molecule has 0 radical (unpaired) electrons. The zero-order chi connectivity index (χ0) is 38.3. The predicted octanol–water partition coefficient (Wildman–Crippen LogP) is 3.72. The first-order valence-electron chi connectivity index (χ1n) is 17.4. The monoisotopic (exact) mass is 783 g/mol. The van der Waals surface area contributed by atoms with Gasteiger partial charge in [-0.1, -0.05) is 62.4 Å². The standard InChI is InChI=1S/C35H51N3O11P2S/c1-25(2)22-30(35(42)36-29(16-15-26-10-5-3-6-11-26)31(39)23-49-28-12-7-4-8-13-28)37-34(41)27-17-19-38(20-18-27)32(40)24-52-21-9-14-33(50(43,44)45)51(46,47)48/h3-8,10-13,25,27,29-30,33H,9,14-24H2,1-2H3,(H,36,42)(H,37,41)(H2,43,44,45)(H2,46,47,48)/t29-,30-/m0/s1. The lowest BCUT2D eigenvalue weighted by atomic mass is 9.94. The summed E-state index contributed by atoms with van der Waals surface area (Å²) in [6.07, 6.45) is 1.76. The van der Waals surface area contributed by atoms with E-state index in [9.17, 15) is 47.9 Å². The van der Waals surface area contributed by atoms with Crippen molar-refractivity contribution in [3.05, 3.63) is 66.2 Å². The van der Waals surface area contributed by atoms with Gasteiger partial charge in [0.05, 0.1) is 11.8 Å². The van der Waals surface area contributed by atoms with Crippen molar-refractivity contribution in [1.29, 1.82) is 0 Å². The molecule has 0 bridgehead atoms. The van der Waals surface area contributed by atoms with E-state index in [4.69, 9.17) is 4.74 Å². The number of nitrogens with zero attached hydrogens (tertiary/aromatic N) is 1. The summed E-state index contributed by atoms with van der Waals surface area (Å²) in [5.41, 5.74) is 1.02. The van der Waals surface area contributed by atoms with Gasteiger partial charge < -0.3 is 39.8 Å². The number of Topliss-reactive ketones (excluding diaryl/α,β-unsaturated/α-hetero) is 1. The average Bonchev–Trinajstić information content (AvgIpc) is 3.09. The zero-order valence-electron chi connectivity index (χ0n) is 29.5. The molecule has 0 spiro atoms. The second-order valence-corrected chi connectivity index (χ2v) is 18.5. The van der Waals surface area contributed by atoms with E-state index in [2.05, 4.69) is 10.6 Å². The van der Waals surface area contributed by atoms with Crippen molar-refractivity contribution in [2.75, 3.05) is 31.2 Å². The maximum Gasteiger partial charge on any atom is 0.340 e. The summed E-state index contributed by atoms with van der Waals surface area (Å²) in [4.78, 5) is 91.8. The van der Waals surface area contributed by atoms with Crippen LogP contribution in [0.3, 0.4) is 0 Å². The molecule has 14 nitrogen and oxygen atoms in total. The number of hydrogen-bond donors (Lipinski definition) is 6. The summed E-state index contributed by atoms with van der Waals surface area (Å²) in [7, 11) is -9.96. The lowest BCUT2D eigenvalue weighted by molar-refractivity contribution is -0.136. The van der Waals surface area contributed by atoms with Crippen molar-refractivity contribution in [2.45, 2.75) is 76.3 Å². The Labute approximate surface area is 309 Å². The Morgan fingerprint density at radius 2 is 1.46 bits per heavy atom. The highest BCUT2D eigenvalue weighted by atomic mass is 32.2. The van der Waals surface area contributed by atoms with E-state index in [-0.39, 0.29) is 54.5 Å².